The molecule has 0 aromatic carbocycles. The molecule has 1 aliphatic carbocycles. The maximum absolute atomic E-state index is 12.8. The van der Waals surface area contributed by atoms with E-state index in [-0.39, 0.29) is 24.1 Å². The molecule has 5 nitrogen and oxygen atoms in total. The maximum atomic E-state index is 12.8. The molecule has 0 atom stereocenters. The van der Waals surface area contributed by atoms with E-state index in [0.717, 1.165) is 17.7 Å². The van der Waals surface area contributed by atoms with Crippen LogP contribution in [-0.2, 0) is 11.3 Å². The Morgan fingerprint density at radius 1 is 1.39 bits per heavy atom. The summed E-state index contributed by atoms with van der Waals surface area (Å²) in [5.74, 6) is 0.0189. The van der Waals surface area contributed by atoms with E-state index in [1.165, 1.54) is 41.5 Å². The molecule has 3 rings (SSSR count). The normalized spacial score (nSPS) is 16.1. The Morgan fingerprint density at radius 3 is 2.83 bits per heavy atom. The van der Waals surface area contributed by atoms with Crippen LogP contribution in [0.4, 0.5) is 0 Å². The van der Waals surface area contributed by atoms with E-state index in [0.29, 0.717) is 11.4 Å². The fourth-order valence-corrected chi connectivity index (χ4v) is 4.23. The van der Waals surface area contributed by atoms with E-state index in [4.69, 9.17) is 0 Å². The average Bonchev–Trinajstić information content (AvgIpc) is 3.00. The fraction of sp³-hybridized carbons (Fsp3) is 0.588. The van der Waals surface area contributed by atoms with Crippen LogP contribution in [0.25, 0.3) is 10.2 Å². The van der Waals surface area contributed by atoms with Crippen molar-refractivity contribution in [2.45, 2.75) is 64.6 Å². The number of nitrogens with zero attached hydrogens (tertiary/aromatic N) is 3. The van der Waals surface area contributed by atoms with Crippen LogP contribution >= 0.6 is 11.3 Å². The van der Waals surface area contributed by atoms with Crippen molar-refractivity contribution in [3.63, 3.8) is 0 Å². The van der Waals surface area contributed by atoms with Gasteiger partial charge in [-0.25, -0.2) is 4.98 Å². The largest absolute Gasteiger partial charge is 0.336 e. The lowest BCUT2D eigenvalue weighted by Crippen LogP contribution is -2.47. The first-order valence-electron chi connectivity index (χ1n) is 8.31. The number of hydrogen-bond acceptors (Lipinski definition) is 4. The first-order chi connectivity index (χ1) is 11.1. The van der Waals surface area contributed by atoms with Gasteiger partial charge in [0.2, 0.25) is 5.91 Å². The molecule has 0 radical (unpaired) electrons. The summed E-state index contributed by atoms with van der Waals surface area (Å²) in [4.78, 5) is 32.3. The van der Waals surface area contributed by atoms with E-state index >= 15 is 0 Å². The first-order valence-corrected chi connectivity index (χ1v) is 9.19. The Bertz CT molecular complexity index is 744. The third-order valence-electron chi connectivity index (χ3n) is 4.57. The van der Waals surface area contributed by atoms with Crippen LogP contribution < -0.4 is 5.56 Å². The second kappa shape index (κ2) is 6.83. The van der Waals surface area contributed by atoms with Crippen LogP contribution in [0.2, 0.25) is 0 Å². The third-order valence-corrected chi connectivity index (χ3v) is 5.39. The predicted octanol–water partition coefficient (Wildman–Crippen LogP) is 3.03. The SMILES string of the molecule is CC(C)N(C(=O)Cn1cnc2sccc2c1=O)C1CCCCC1. The molecule has 1 amide bonds. The molecule has 0 spiro atoms. The van der Waals surface area contributed by atoms with Gasteiger partial charge in [-0.05, 0) is 38.1 Å². The lowest BCUT2D eigenvalue weighted by molar-refractivity contribution is -0.137. The molecule has 0 aliphatic heterocycles. The van der Waals surface area contributed by atoms with Crippen molar-refractivity contribution in [2.24, 2.45) is 0 Å². The third kappa shape index (κ3) is 3.32. The van der Waals surface area contributed by atoms with Crippen LogP contribution in [0.5, 0.6) is 0 Å². The second-order valence-corrected chi connectivity index (χ2v) is 7.40. The number of aromatic nitrogens is 2. The minimum atomic E-state index is -0.128. The van der Waals surface area contributed by atoms with E-state index < -0.39 is 0 Å². The molecule has 0 N–H and O–H groups in total. The molecule has 124 valence electrons. The summed E-state index contributed by atoms with van der Waals surface area (Å²) in [6.07, 6.45) is 7.27. The number of fused-ring (bicyclic) bond motifs is 1. The standard InChI is InChI=1S/C17H23N3O2S/c1-12(2)20(13-6-4-3-5-7-13)15(21)10-19-11-18-16-14(17(19)22)8-9-23-16/h8-9,11-13H,3-7,10H2,1-2H3. The Kier molecular flexibility index (Phi) is 4.80. The Balaban J connectivity index is 1.82. The molecule has 1 saturated carbocycles. The van der Waals surface area contributed by atoms with Crippen LogP contribution in [0.15, 0.2) is 22.6 Å². The van der Waals surface area contributed by atoms with Gasteiger partial charge < -0.3 is 4.90 Å². The number of carbonyl (C=O) groups excluding carboxylic acids is 1. The summed E-state index contributed by atoms with van der Waals surface area (Å²) in [7, 11) is 0. The van der Waals surface area contributed by atoms with Gasteiger partial charge in [-0.1, -0.05) is 19.3 Å². The summed E-state index contributed by atoms with van der Waals surface area (Å²) in [5, 5.41) is 2.45. The number of carbonyl (C=O) groups is 1. The van der Waals surface area contributed by atoms with Gasteiger partial charge in [-0.15, -0.1) is 11.3 Å². The van der Waals surface area contributed by atoms with Gasteiger partial charge in [-0.2, -0.15) is 0 Å². The van der Waals surface area contributed by atoms with Gasteiger partial charge in [0.05, 0.1) is 11.7 Å². The van der Waals surface area contributed by atoms with E-state index in [9.17, 15) is 9.59 Å². The van der Waals surface area contributed by atoms with Crippen molar-refractivity contribution < 1.29 is 4.79 Å². The highest BCUT2D eigenvalue weighted by Crippen LogP contribution is 2.24. The zero-order valence-corrected chi connectivity index (χ0v) is 14.5. The zero-order valence-electron chi connectivity index (χ0n) is 13.7. The highest BCUT2D eigenvalue weighted by Gasteiger charge is 2.27. The van der Waals surface area contributed by atoms with Crippen molar-refractivity contribution in [3.8, 4) is 0 Å². The molecular formula is C17H23N3O2S. The van der Waals surface area contributed by atoms with Crippen molar-refractivity contribution in [2.75, 3.05) is 0 Å². The predicted molar refractivity (Wildman–Crippen MR) is 92.7 cm³/mol. The molecule has 0 saturated heterocycles. The van der Waals surface area contributed by atoms with Gasteiger partial charge in [0, 0.05) is 12.1 Å². The molecule has 2 aromatic heterocycles. The minimum absolute atomic E-state index is 0.0189. The molecule has 0 unspecified atom stereocenters. The lowest BCUT2D eigenvalue weighted by atomic mass is 9.93. The van der Waals surface area contributed by atoms with Crippen molar-refractivity contribution in [1.29, 1.82) is 0 Å². The highest BCUT2D eigenvalue weighted by molar-refractivity contribution is 7.16. The Hall–Kier alpha value is -1.69. The molecule has 23 heavy (non-hydrogen) atoms. The zero-order chi connectivity index (χ0) is 16.4. The second-order valence-electron chi connectivity index (χ2n) is 6.50. The maximum Gasteiger partial charge on any atom is 0.262 e. The smallest absolute Gasteiger partial charge is 0.262 e. The highest BCUT2D eigenvalue weighted by atomic mass is 32.1. The molecule has 6 heteroatoms. The quantitative estimate of drug-likeness (QED) is 0.864. The summed E-state index contributed by atoms with van der Waals surface area (Å²) < 4.78 is 1.44. The topological polar surface area (TPSA) is 55.2 Å². The van der Waals surface area contributed by atoms with Gasteiger partial charge in [-0.3, -0.25) is 14.2 Å². The number of amides is 1. The van der Waals surface area contributed by atoms with Gasteiger partial charge >= 0.3 is 0 Å². The Labute approximate surface area is 139 Å². The van der Waals surface area contributed by atoms with Crippen LogP contribution in [0.3, 0.4) is 0 Å². The van der Waals surface area contributed by atoms with Crippen molar-refractivity contribution in [3.05, 3.63) is 28.1 Å². The molecule has 2 heterocycles. The van der Waals surface area contributed by atoms with Gasteiger partial charge in [0.1, 0.15) is 11.4 Å². The average molecular weight is 333 g/mol. The summed E-state index contributed by atoms with van der Waals surface area (Å²) in [6.45, 7) is 4.18. The van der Waals surface area contributed by atoms with E-state index in [1.807, 2.05) is 10.3 Å². The monoisotopic (exact) mass is 333 g/mol. The summed E-state index contributed by atoms with van der Waals surface area (Å²) >= 11 is 1.44. The summed E-state index contributed by atoms with van der Waals surface area (Å²) in [6, 6.07) is 2.24. The van der Waals surface area contributed by atoms with Crippen LogP contribution in [0, 0.1) is 0 Å². The molecule has 0 bridgehead atoms. The molecular weight excluding hydrogens is 310 g/mol. The Morgan fingerprint density at radius 2 is 2.13 bits per heavy atom. The van der Waals surface area contributed by atoms with Gasteiger partial charge in [0.25, 0.3) is 5.56 Å². The van der Waals surface area contributed by atoms with Crippen LogP contribution in [0.1, 0.15) is 46.0 Å². The number of hydrogen-bond donors (Lipinski definition) is 0. The lowest BCUT2D eigenvalue weighted by Gasteiger charge is -2.37. The molecule has 1 aliphatic rings. The van der Waals surface area contributed by atoms with E-state index in [1.54, 1.807) is 6.07 Å². The fourth-order valence-electron chi connectivity index (χ4n) is 3.51. The van der Waals surface area contributed by atoms with Crippen LogP contribution in [-0.4, -0.2) is 32.4 Å². The van der Waals surface area contributed by atoms with Gasteiger partial charge in [0.15, 0.2) is 0 Å². The van der Waals surface area contributed by atoms with Crippen molar-refractivity contribution in [1.82, 2.24) is 14.5 Å². The molecule has 2 aromatic rings. The number of thiophene rings is 1. The van der Waals surface area contributed by atoms with Crippen molar-refractivity contribution >= 4 is 27.5 Å². The first kappa shape index (κ1) is 16.2. The minimum Gasteiger partial charge on any atom is -0.336 e. The number of rotatable bonds is 4. The molecule has 1 fully saturated rings. The van der Waals surface area contributed by atoms with E-state index in [2.05, 4.69) is 18.8 Å². The summed E-state index contributed by atoms with van der Waals surface area (Å²) in [5.41, 5.74) is -0.128.